The lowest BCUT2D eigenvalue weighted by atomic mass is 9.97. The number of rotatable bonds is 3. The van der Waals surface area contributed by atoms with E-state index in [9.17, 15) is 18.0 Å². The number of piperidine rings is 1. The molecule has 0 amide bonds. The molecular weight excluding hydrogens is 313 g/mol. The minimum atomic E-state index is -4.53. The number of methoxy groups -OCH3 is 1. The second-order valence-corrected chi connectivity index (χ2v) is 5.59. The summed E-state index contributed by atoms with van der Waals surface area (Å²) < 4.78 is 43.7. The molecule has 0 radical (unpaired) electrons. The van der Waals surface area contributed by atoms with Crippen LogP contribution >= 0.6 is 0 Å². The van der Waals surface area contributed by atoms with Crippen LogP contribution in [0.4, 0.5) is 24.9 Å². The molecule has 9 heteroatoms. The molecule has 1 aliphatic heterocycles. The van der Waals surface area contributed by atoms with Crippen molar-refractivity contribution in [3.63, 3.8) is 0 Å². The van der Waals surface area contributed by atoms with Gasteiger partial charge in [0.05, 0.1) is 13.0 Å². The SMILES string of the molecule is COC(=O)C1CCN(c2nc(N(C)C)cc(C(F)(F)F)n2)CC1. The van der Waals surface area contributed by atoms with E-state index in [4.69, 9.17) is 4.74 Å². The molecule has 0 saturated carbocycles. The van der Waals surface area contributed by atoms with E-state index < -0.39 is 11.9 Å². The predicted molar refractivity (Wildman–Crippen MR) is 78.3 cm³/mol. The van der Waals surface area contributed by atoms with Gasteiger partial charge in [-0.25, -0.2) is 4.98 Å². The van der Waals surface area contributed by atoms with Gasteiger partial charge in [-0.2, -0.15) is 18.2 Å². The Balaban J connectivity index is 2.23. The first-order valence-electron chi connectivity index (χ1n) is 7.18. The number of hydrogen-bond donors (Lipinski definition) is 0. The molecule has 2 heterocycles. The van der Waals surface area contributed by atoms with Gasteiger partial charge in [0, 0.05) is 33.3 Å². The van der Waals surface area contributed by atoms with Gasteiger partial charge in [0.2, 0.25) is 5.95 Å². The van der Waals surface area contributed by atoms with Gasteiger partial charge in [0.1, 0.15) is 5.82 Å². The van der Waals surface area contributed by atoms with Crippen LogP contribution < -0.4 is 9.80 Å². The largest absolute Gasteiger partial charge is 0.469 e. The summed E-state index contributed by atoms with van der Waals surface area (Å²) in [5.74, 6) is -0.289. The van der Waals surface area contributed by atoms with Gasteiger partial charge in [-0.3, -0.25) is 4.79 Å². The number of nitrogens with zero attached hydrogens (tertiary/aromatic N) is 4. The molecule has 0 spiro atoms. The van der Waals surface area contributed by atoms with Gasteiger partial charge in [-0.15, -0.1) is 0 Å². The van der Waals surface area contributed by atoms with Crippen LogP contribution in [0.1, 0.15) is 18.5 Å². The highest BCUT2D eigenvalue weighted by Gasteiger charge is 2.35. The topological polar surface area (TPSA) is 58.6 Å². The first-order valence-corrected chi connectivity index (χ1v) is 7.18. The second-order valence-electron chi connectivity index (χ2n) is 5.59. The molecule has 2 rings (SSSR count). The monoisotopic (exact) mass is 332 g/mol. The molecule has 1 aromatic heterocycles. The summed E-state index contributed by atoms with van der Waals surface area (Å²) in [5.41, 5.74) is -0.971. The highest BCUT2D eigenvalue weighted by atomic mass is 19.4. The fourth-order valence-corrected chi connectivity index (χ4v) is 2.42. The minimum Gasteiger partial charge on any atom is -0.469 e. The Morgan fingerprint density at radius 1 is 1.30 bits per heavy atom. The number of carbonyl (C=O) groups excluding carboxylic acids is 1. The number of ether oxygens (including phenoxy) is 1. The lowest BCUT2D eigenvalue weighted by molar-refractivity contribution is -0.146. The summed E-state index contributed by atoms with van der Waals surface area (Å²) in [7, 11) is 4.57. The van der Waals surface area contributed by atoms with Crippen LogP contribution in [0.3, 0.4) is 0 Å². The van der Waals surface area contributed by atoms with Crippen molar-refractivity contribution in [1.82, 2.24) is 9.97 Å². The third kappa shape index (κ3) is 4.02. The molecule has 0 aromatic carbocycles. The molecular formula is C14H19F3N4O2. The average molecular weight is 332 g/mol. The summed E-state index contributed by atoms with van der Waals surface area (Å²) in [6, 6.07) is 0.921. The van der Waals surface area contributed by atoms with Gasteiger partial charge in [-0.1, -0.05) is 0 Å². The highest BCUT2D eigenvalue weighted by Crippen LogP contribution is 2.31. The Morgan fingerprint density at radius 3 is 2.39 bits per heavy atom. The third-order valence-corrected chi connectivity index (χ3v) is 3.76. The fourth-order valence-electron chi connectivity index (χ4n) is 2.42. The van der Waals surface area contributed by atoms with Gasteiger partial charge >= 0.3 is 12.1 Å². The summed E-state index contributed by atoms with van der Waals surface area (Å²) in [6.07, 6.45) is -3.53. The van der Waals surface area contributed by atoms with E-state index in [0.29, 0.717) is 25.9 Å². The first kappa shape index (κ1) is 17.3. The summed E-state index contributed by atoms with van der Waals surface area (Å²) in [6.45, 7) is 0.821. The quantitative estimate of drug-likeness (QED) is 0.789. The van der Waals surface area contributed by atoms with Crippen LogP contribution in [0.5, 0.6) is 0 Å². The van der Waals surface area contributed by atoms with E-state index in [1.54, 1.807) is 19.0 Å². The molecule has 1 aromatic rings. The average Bonchev–Trinajstić information content (AvgIpc) is 2.53. The zero-order valence-corrected chi connectivity index (χ0v) is 13.2. The van der Waals surface area contributed by atoms with E-state index in [1.807, 2.05) is 0 Å². The van der Waals surface area contributed by atoms with Gasteiger partial charge in [0.25, 0.3) is 0 Å². The Labute approximate surface area is 132 Å². The van der Waals surface area contributed by atoms with E-state index in [0.717, 1.165) is 6.07 Å². The number of anilines is 2. The van der Waals surface area contributed by atoms with Gasteiger partial charge < -0.3 is 14.5 Å². The molecule has 0 atom stereocenters. The van der Waals surface area contributed by atoms with Crippen molar-refractivity contribution in [3.05, 3.63) is 11.8 Å². The normalized spacial score (nSPS) is 16.3. The van der Waals surface area contributed by atoms with Gasteiger partial charge in [0.15, 0.2) is 5.69 Å². The maximum Gasteiger partial charge on any atom is 0.433 e. The standard InChI is InChI=1S/C14H19F3N4O2/c1-20(2)11-8-10(14(15,16)17)18-13(19-11)21-6-4-9(5-7-21)12(22)23-3/h8-9H,4-7H2,1-3H3. The molecule has 0 unspecified atom stereocenters. The van der Waals surface area contributed by atoms with Crippen LogP contribution in [0.15, 0.2) is 6.07 Å². The Bertz CT molecular complexity index is 570. The van der Waals surface area contributed by atoms with Crippen molar-refractivity contribution in [2.75, 3.05) is 44.1 Å². The van der Waals surface area contributed by atoms with Crippen LogP contribution in [0, 0.1) is 5.92 Å². The predicted octanol–water partition coefficient (Wildman–Crippen LogP) is 1.95. The van der Waals surface area contributed by atoms with E-state index in [-0.39, 0.29) is 23.7 Å². The molecule has 1 fully saturated rings. The lowest BCUT2D eigenvalue weighted by Gasteiger charge is -2.31. The molecule has 0 bridgehead atoms. The smallest absolute Gasteiger partial charge is 0.433 e. The Kier molecular flexibility index (Phi) is 4.96. The van der Waals surface area contributed by atoms with Crippen LogP contribution in [-0.4, -0.2) is 50.2 Å². The molecule has 23 heavy (non-hydrogen) atoms. The summed E-state index contributed by atoms with van der Waals surface area (Å²) in [5, 5.41) is 0. The van der Waals surface area contributed by atoms with E-state index in [1.165, 1.54) is 12.0 Å². The summed E-state index contributed by atoms with van der Waals surface area (Å²) in [4.78, 5) is 22.5. The van der Waals surface area contributed by atoms with E-state index in [2.05, 4.69) is 9.97 Å². The second kappa shape index (κ2) is 6.59. The van der Waals surface area contributed by atoms with Crippen molar-refractivity contribution in [1.29, 1.82) is 0 Å². The fraction of sp³-hybridized carbons (Fsp3) is 0.643. The van der Waals surface area contributed by atoms with Crippen LogP contribution in [0.25, 0.3) is 0 Å². The number of carbonyl (C=O) groups is 1. The lowest BCUT2D eigenvalue weighted by Crippen LogP contribution is -2.38. The summed E-state index contributed by atoms with van der Waals surface area (Å²) >= 11 is 0. The van der Waals surface area contributed by atoms with Crippen molar-refractivity contribution < 1.29 is 22.7 Å². The molecule has 0 N–H and O–H groups in total. The molecule has 6 nitrogen and oxygen atoms in total. The molecule has 0 aliphatic carbocycles. The zero-order valence-electron chi connectivity index (χ0n) is 13.2. The number of esters is 1. The minimum absolute atomic E-state index is 0.0341. The molecule has 1 aliphatic rings. The van der Waals surface area contributed by atoms with Crippen molar-refractivity contribution in [3.8, 4) is 0 Å². The maximum absolute atomic E-state index is 13.0. The van der Waals surface area contributed by atoms with Crippen molar-refractivity contribution in [2.45, 2.75) is 19.0 Å². The highest BCUT2D eigenvalue weighted by molar-refractivity contribution is 5.72. The Morgan fingerprint density at radius 2 is 1.91 bits per heavy atom. The molecule has 1 saturated heterocycles. The Hall–Kier alpha value is -2.06. The van der Waals surface area contributed by atoms with Crippen molar-refractivity contribution in [2.24, 2.45) is 5.92 Å². The first-order chi connectivity index (χ1) is 10.7. The van der Waals surface area contributed by atoms with Crippen LogP contribution in [0.2, 0.25) is 0 Å². The zero-order chi connectivity index (χ0) is 17.2. The van der Waals surface area contributed by atoms with Crippen molar-refractivity contribution >= 4 is 17.7 Å². The van der Waals surface area contributed by atoms with Gasteiger partial charge in [-0.05, 0) is 12.8 Å². The number of alkyl halides is 3. The number of aromatic nitrogens is 2. The number of halogens is 3. The molecule has 128 valence electrons. The van der Waals surface area contributed by atoms with E-state index >= 15 is 0 Å². The maximum atomic E-state index is 13.0. The third-order valence-electron chi connectivity index (χ3n) is 3.76. The number of hydrogen-bond acceptors (Lipinski definition) is 6. The van der Waals surface area contributed by atoms with Crippen LogP contribution in [-0.2, 0) is 15.7 Å².